The van der Waals surface area contributed by atoms with Gasteiger partial charge in [0.1, 0.15) is 0 Å². The molecule has 0 saturated carbocycles. The number of carbonyl (C=O) groups is 2. The van der Waals surface area contributed by atoms with Crippen LogP contribution in [0.3, 0.4) is 0 Å². The van der Waals surface area contributed by atoms with Crippen LogP contribution in [0.1, 0.15) is 21.1 Å². The number of amides is 2. The second-order valence-electron chi connectivity index (χ2n) is 4.02. The minimum atomic E-state index is -0.460. The maximum Gasteiger partial charge on any atom is 0.271 e. The summed E-state index contributed by atoms with van der Waals surface area (Å²) in [5, 5.41) is 3.03. The summed E-state index contributed by atoms with van der Waals surface area (Å²) < 4.78 is 0. The Bertz CT molecular complexity index is 642. The van der Waals surface area contributed by atoms with Crippen LogP contribution >= 0.6 is 22.9 Å². The van der Waals surface area contributed by atoms with Gasteiger partial charge in [-0.3, -0.25) is 20.4 Å². The monoisotopic (exact) mass is 309 g/mol. The zero-order chi connectivity index (χ0) is 14.5. The number of carbonyl (C=O) groups excluding carboxylic acids is 2. The summed E-state index contributed by atoms with van der Waals surface area (Å²) in [4.78, 5) is 27.6. The number of hydrazine groups is 1. The summed E-state index contributed by atoms with van der Waals surface area (Å²) in [5.41, 5.74) is 5.64. The van der Waals surface area contributed by atoms with E-state index < -0.39 is 5.91 Å². The lowest BCUT2D eigenvalue weighted by molar-refractivity contribution is -0.121. The minimum Gasteiger partial charge on any atom is -0.273 e. The third-order valence-electron chi connectivity index (χ3n) is 2.44. The third kappa shape index (κ3) is 3.79. The van der Waals surface area contributed by atoms with E-state index in [1.165, 1.54) is 11.3 Å². The molecule has 2 N–H and O–H groups in total. The van der Waals surface area contributed by atoms with Crippen molar-refractivity contribution in [2.24, 2.45) is 0 Å². The van der Waals surface area contributed by atoms with Crippen molar-refractivity contribution in [1.82, 2.24) is 15.8 Å². The minimum absolute atomic E-state index is 0.118. The molecular weight excluding hydrogens is 298 g/mol. The van der Waals surface area contributed by atoms with Crippen molar-refractivity contribution in [3.8, 4) is 0 Å². The lowest BCUT2D eigenvalue weighted by Gasteiger charge is -2.07. The predicted octanol–water partition coefficient (Wildman–Crippen LogP) is 2.11. The van der Waals surface area contributed by atoms with E-state index in [9.17, 15) is 9.59 Å². The number of benzene rings is 1. The molecule has 2 aromatic rings. The Kier molecular flexibility index (Phi) is 4.70. The van der Waals surface area contributed by atoms with Crippen LogP contribution in [-0.2, 0) is 11.2 Å². The van der Waals surface area contributed by atoms with Crippen LogP contribution in [0.25, 0.3) is 0 Å². The average Bonchev–Trinajstić information content (AvgIpc) is 2.82. The first-order valence-corrected chi connectivity index (χ1v) is 7.07. The number of hydrogen-bond donors (Lipinski definition) is 2. The highest BCUT2D eigenvalue weighted by Gasteiger charge is 2.11. The lowest BCUT2D eigenvalue weighted by Crippen LogP contribution is -2.42. The van der Waals surface area contributed by atoms with Gasteiger partial charge in [0.2, 0.25) is 5.91 Å². The first-order chi connectivity index (χ1) is 9.56. The summed E-state index contributed by atoms with van der Waals surface area (Å²) in [6.45, 7) is 1.87. The van der Waals surface area contributed by atoms with Gasteiger partial charge in [-0.25, -0.2) is 4.98 Å². The van der Waals surface area contributed by atoms with E-state index in [1.54, 1.807) is 24.3 Å². The van der Waals surface area contributed by atoms with E-state index in [-0.39, 0.29) is 12.3 Å². The Morgan fingerprint density at radius 1 is 1.30 bits per heavy atom. The molecule has 0 atom stereocenters. The number of nitrogens with zero attached hydrogens (tertiary/aromatic N) is 1. The van der Waals surface area contributed by atoms with Crippen LogP contribution in [0.15, 0.2) is 29.6 Å². The Labute approximate surface area is 125 Å². The van der Waals surface area contributed by atoms with Crippen LogP contribution in [0, 0.1) is 6.92 Å². The van der Waals surface area contributed by atoms with Crippen molar-refractivity contribution in [3.63, 3.8) is 0 Å². The molecule has 0 radical (unpaired) electrons. The van der Waals surface area contributed by atoms with Gasteiger partial charge in [0.15, 0.2) is 0 Å². The molecule has 20 heavy (non-hydrogen) atoms. The largest absolute Gasteiger partial charge is 0.273 e. The predicted molar refractivity (Wildman–Crippen MR) is 77.6 cm³/mol. The first kappa shape index (κ1) is 14.5. The molecule has 0 fully saturated rings. The van der Waals surface area contributed by atoms with Crippen LogP contribution in [0.4, 0.5) is 0 Å². The molecule has 2 rings (SSSR count). The molecule has 1 aromatic carbocycles. The molecule has 1 aromatic heterocycles. The van der Waals surface area contributed by atoms with Gasteiger partial charge in [-0.2, -0.15) is 0 Å². The SMILES string of the molecule is Cc1nc(CC(=O)NNC(=O)c2ccccc2Cl)cs1. The van der Waals surface area contributed by atoms with Crippen molar-refractivity contribution in [1.29, 1.82) is 0 Å². The van der Waals surface area contributed by atoms with Gasteiger partial charge in [0, 0.05) is 5.38 Å². The number of rotatable bonds is 3. The molecule has 0 spiro atoms. The Balaban J connectivity index is 1.87. The second kappa shape index (κ2) is 6.49. The fourth-order valence-corrected chi connectivity index (χ4v) is 2.37. The van der Waals surface area contributed by atoms with Crippen molar-refractivity contribution in [2.45, 2.75) is 13.3 Å². The van der Waals surface area contributed by atoms with Crippen molar-refractivity contribution < 1.29 is 9.59 Å². The molecular formula is C13H12ClN3O2S. The summed E-state index contributed by atoms with van der Waals surface area (Å²) in [6, 6.07) is 6.60. The standard InChI is InChI=1S/C13H12ClN3O2S/c1-8-15-9(7-20-8)6-12(18)16-17-13(19)10-4-2-3-5-11(10)14/h2-5,7H,6H2,1H3,(H,16,18)(H,17,19). The van der Waals surface area contributed by atoms with Gasteiger partial charge in [0.25, 0.3) is 5.91 Å². The zero-order valence-electron chi connectivity index (χ0n) is 10.6. The first-order valence-electron chi connectivity index (χ1n) is 5.81. The normalized spacial score (nSPS) is 10.1. The summed E-state index contributed by atoms with van der Waals surface area (Å²) in [5.74, 6) is -0.797. The van der Waals surface area contributed by atoms with E-state index in [2.05, 4.69) is 15.8 Å². The third-order valence-corrected chi connectivity index (χ3v) is 3.59. The highest BCUT2D eigenvalue weighted by Crippen LogP contribution is 2.14. The van der Waals surface area contributed by atoms with E-state index in [0.717, 1.165) is 5.01 Å². The highest BCUT2D eigenvalue weighted by atomic mass is 35.5. The molecule has 0 saturated heterocycles. The fraction of sp³-hybridized carbons (Fsp3) is 0.154. The van der Waals surface area contributed by atoms with E-state index >= 15 is 0 Å². The van der Waals surface area contributed by atoms with Gasteiger partial charge in [-0.05, 0) is 19.1 Å². The second-order valence-corrected chi connectivity index (χ2v) is 5.49. The summed E-state index contributed by atoms with van der Waals surface area (Å²) in [7, 11) is 0. The van der Waals surface area contributed by atoms with Crippen LogP contribution in [0.2, 0.25) is 5.02 Å². The Hall–Kier alpha value is -1.92. The smallest absolute Gasteiger partial charge is 0.271 e. The van der Waals surface area contributed by atoms with Crippen molar-refractivity contribution >= 4 is 34.8 Å². The zero-order valence-corrected chi connectivity index (χ0v) is 12.2. The van der Waals surface area contributed by atoms with Gasteiger partial charge < -0.3 is 0 Å². The van der Waals surface area contributed by atoms with Crippen molar-refractivity contribution in [2.75, 3.05) is 0 Å². The van der Waals surface area contributed by atoms with Gasteiger partial charge in [0.05, 0.1) is 27.7 Å². The molecule has 1 heterocycles. The fourth-order valence-electron chi connectivity index (χ4n) is 1.54. The van der Waals surface area contributed by atoms with E-state index in [4.69, 9.17) is 11.6 Å². The van der Waals surface area contributed by atoms with E-state index in [0.29, 0.717) is 16.3 Å². The Morgan fingerprint density at radius 2 is 2.05 bits per heavy atom. The quantitative estimate of drug-likeness (QED) is 0.853. The summed E-state index contributed by atoms with van der Waals surface area (Å²) >= 11 is 7.36. The Morgan fingerprint density at radius 3 is 2.70 bits per heavy atom. The van der Waals surface area contributed by atoms with Crippen LogP contribution in [0.5, 0.6) is 0 Å². The van der Waals surface area contributed by atoms with Gasteiger partial charge in [-0.15, -0.1) is 11.3 Å². The van der Waals surface area contributed by atoms with E-state index in [1.807, 2.05) is 12.3 Å². The van der Waals surface area contributed by atoms with Gasteiger partial charge >= 0.3 is 0 Å². The molecule has 0 unspecified atom stereocenters. The molecule has 7 heteroatoms. The number of halogens is 1. The van der Waals surface area contributed by atoms with Crippen LogP contribution < -0.4 is 10.9 Å². The summed E-state index contributed by atoms with van der Waals surface area (Å²) in [6.07, 6.45) is 0.118. The molecule has 2 amide bonds. The van der Waals surface area contributed by atoms with Crippen LogP contribution in [-0.4, -0.2) is 16.8 Å². The number of hydrogen-bond acceptors (Lipinski definition) is 4. The lowest BCUT2D eigenvalue weighted by atomic mass is 10.2. The average molecular weight is 310 g/mol. The number of thiazole rings is 1. The number of aryl methyl sites for hydroxylation is 1. The number of nitrogens with one attached hydrogen (secondary N) is 2. The molecule has 0 aliphatic heterocycles. The maximum atomic E-state index is 11.8. The number of aromatic nitrogens is 1. The molecule has 0 aliphatic carbocycles. The molecule has 0 aliphatic rings. The molecule has 104 valence electrons. The highest BCUT2D eigenvalue weighted by molar-refractivity contribution is 7.09. The topological polar surface area (TPSA) is 71.1 Å². The van der Waals surface area contributed by atoms with Crippen molar-refractivity contribution in [3.05, 3.63) is 50.9 Å². The maximum absolute atomic E-state index is 11.8. The van der Waals surface area contributed by atoms with Gasteiger partial charge in [-0.1, -0.05) is 23.7 Å². The molecule has 0 bridgehead atoms. The molecule has 5 nitrogen and oxygen atoms in total.